The molecule has 0 fully saturated rings. The molecule has 0 aliphatic heterocycles. The van der Waals surface area contributed by atoms with Crippen LogP contribution in [0.3, 0.4) is 0 Å². The van der Waals surface area contributed by atoms with E-state index in [1.54, 1.807) is 42.3 Å². The number of halogens is 1. The van der Waals surface area contributed by atoms with E-state index >= 15 is 0 Å². The number of pyridine rings is 1. The first-order valence-electron chi connectivity index (χ1n) is 9.81. The second kappa shape index (κ2) is 9.56. The number of anilines is 3. The van der Waals surface area contributed by atoms with Gasteiger partial charge in [0, 0.05) is 37.0 Å². The van der Waals surface area contributed by atoms with Gasteiger partial charge in [-0.1, -0.05) is 12.1 Å². The van der Waals surface area contributed by atoms with Crippen LogP contribution in [-0.4, -0.2) is 35.4 Å². The third kappa shape index (κ3) is 4.87. The molecule has 3 rings (SSSR count). The molecule has 6 nitrogen and oxygen atoms in total. The first-order chi connectivity index (χ1) is 14.4. The zero-order valence-electron chi connectivity index (χ0n) is 17.2. The van der Waals surface area contributed by atoms with Crippen LogP contribution in [0.15, 0.2) is 48.5 Å². The van der Waals surface area contributed by atoms with Gasteiger partial charge in [-0.25, -0.2) is 9.37 Å². The number of aromatic nitrogens is 1. The van der Waals surface area contributed by atoms with E-state index in [0.717, 1.165) is 11.1 Å². The van der Waals surface area contributed by atoms with Gasteiger partial charge in [-0.05, 0) is 61.9 Å². The molecule has 3 aromatic rings. The minimum absolute atomic E-state index is 0.0669. The van der Waals surface area contributed by atoms with Crippen molar-refractivity contribution < 1.29 is 14.6 Å². The fourth-order valence-corrected chi connectivity index (χ4v) is 3.19. The molecule has 0 aliphatic carbocycles. The van der Waals surface area contributed by atoms with E-state index in [1.807, 2.05) is 19.1 Å². The van der Waals surface area contributed by atoms with Gasteiger partial charge in [0.05, 0.1) is 11.4 Å². The number of nitrogen functional groups attached to an aromatic ring is 1. The largest absolute Gasteiger partial charge is 0.507 e. The third-order valence-electron chi connectivity index (χ3n) is 4.95. The minimum atomic E-state index is -0.312. The summed E-state index contributed by atoms with van der Waals surface area (Å²) in [6.45, 7) is 3.20. The number of aromatic hydroxyl groups is 1. The van der Waals surface area contributed by atoms with Crippen molar-refractivity contribution in [3.05, 3.63) is 65.5 Å². The number of benzene rings is 2. The molecule has 1 aromatic heterocycles. The van der Waals surface area contributed by atoms with Crippen molar-refractivity contribution in [1.82, 2.24) is 10.3 Å². The molecule has 2 aromatic carbocycles. The van der Waals surface area contributed by atoms with Crippen LogP contribution in [0, 0.1) is 12.7 Å². The highest BCUT2D eigenvalue weighted by atomic mass is 19.1. The number of aliphatic hydroxyl groups is 1. The second-order valence-electron chi connectivity index (χ2n) is 7.21. The second-order valence-corrected chi connectivity index (χ2v) is 7.21. The number of rotatable bonds is 8. The molecule has 0 atom stereocenters. The molecule has 0 saturated carbocycles. The number of hydrogen-bond acceptors (Lipinski definition) is 6. The standard InChI is InChI=1S/C23H27FN4O2/c1-15-4-8-21(19(24)12-15)28(2)17-6-9-22(30)18(13-17)20-7-5-16(23(25)27-20)14-26-10-3-11-29/h4-9,12-13,26,29-30H,3,10-11,14H2,1-2H3,(H2,25,27). The number of nitrogens with zero attached hydrogens (tertiary/aromatic N) is 2. The van der Waals surface area contributed by atoms with Crippen LogP contribution in [-0.2, 0) is 6.54 Å². The Morgan fingerprint density at radius 2 is 1.93 bits per heavy atom. The molecular formula is C23H27FN4O2. The van der Waals surface area contributed by atoms with E-state index in [-0.39, 0.29) is 18.2 Å². The first-order valence-corrected chi connectivity index (χ1v) is 9.81. The molecule has 0 bridgehead atoms. The number of nitrogens with two attached hydrogens (primary N) is 1. The monoisotopic (exact) mass is 410 g/mol. The lowest BCUT2D eigenvalue weighted by molar-refractivity contribution is 0.286. The van der Waals surface area contributed by atoms with E-state index in [9.17, 15) is 9.50 Å². The van der Waals surface area contributed by atoms with Crippen LogP contribution < -0.4 is 16.0 Å². The molecule has 0 amide bonds. The van der Waals surface area contributed by atoms with E-state index in [2.05, 4.69) is 10.3 Å². The summed E-state index contributed by atoms with van der Waals surface area (Å²) in [6, 6.07) is 13.8. The number of aryl methyl sites for hydroxylation is 1. The molecular weight excluding hydrogens is 383 g/mol. The Hall–Kier alpha value is -3.16. The normalized spacial score (nSPS) is 10.9. The Morgan fingerprint density at radius 3 is 2.63 bits per heavy atom. The maximum atomic E-state index is 14.4. The van der Waals surface area contributed by atoms with Gasteiger partial charge in [0.1, 0.15) is 17.4 Å². The zero-order valence-corrected chi connectivity index (χ0v) is 17.2. The van der Waals surface area contributed by atoms with Crippen LogP contribution in [0.1, 0.15) is 17.5 Å². The topological polar surface area (TPSA) is 94.6 Å². The summed E-state index contributed by atoms with van der Waals surface area (Å²) in [5, 5.41) is 22.4. The van der Waals surface area contributed by atoms with Gasteiger partial charge in [0.2, 0.25) is 0 Å². The molecule has 5 N–H and O–H groups in total. The predicted octanol–water partition coefficient (Wildman–Crippen LogP) is 3.72. The molecule has 7 heteroatoms. The van der Waals surface area contributed by atoms with Crippen molar-refractivity contribution in [1.29, 1.82) is 0 Å². The van der Waals surface area contributed by atoms with E-state index in [1.165, 1.54) is 6.07 Å². The Kier molecular flexibility index (Phi) is 6.87. The Morgan fingerprint density at radius 1 is 1.13 bits per heavy atom. The number of aliphatic hydroxyl groups excluding tert-OH is 1. The SMILES string of the molecule is Cc1ccc(N(C)c2ccc(O)c(-c3ccc(CNCCCO)c(N)n3)c2)c(F)c1. The van der Waals surface area contributed by atoms with Crippen molar-refractivity contribution in [3.63, 3.8) is 0 Å². The molecule has 0 spiro atoms. The number of hydrogen-bond donors (Lipinski definition) is 4. The smallest absolute Gasteiger partial charge is 0.147 e. The summed E-state index contributed by atoms with van der Waals surface area (Å²) < 4.78 is 14.4. The average Bonchev–Trinajstić information content (AvgIpc) is 2.72. The number of nitrogens with one attached hydrogen (secondary N) is 1. The van der Waals surface area contributed by atoms with Crippen molar-refractivity contribution >= 4 is 17.2 Å². The van der Waals surface area contributed by atoms with Crippen LogP contribution >= 0.6 is 0 Å². The van der Waals surface area contributed by atoms with Crippen molar-refractivity contribution in [3.8, 4) is 17.0 Å². The first kappa shape index (κ1) is 21.5. The van der Waals surface area contributed by atoms with Gasteiger partial charge in [-0.3, -0.25) is 0 Å². The molecule has 1 heterocycles. The lowest BCUT2D eigenvalue weighted by Crippen LogP contribution is -2.17. The lowest BCUT2D eigenvalue weighted by Gasteiger charge is -2.21. The molecule has 0 unspecified atom stereocenters. The Labute approximate surface area is 175 Å². The van der Waals surface area contributed by atoms with Crippen molar-refractivity contribution in [2.45, 2.75) is 19.9 Å². The third-order valence-corrected chi connectivity index (χ3v) is 4.95. The molecule has 158 valence electrons. The van der Waals surface area contributed by atoms with Crippen molar-refractivity contribution in [2.75, 3.05) is 30.8 Å². The Balaban J connectivity index is 1.87. The number of phenols is 1. The predicted molar refractivity (Wildman–Crippen MR) is 118 cm³/mol. The maximum absolute atomic E-state index is 14.4. The van der Waals surface area contributed by atoms with E-state index in [0.29, 0.717) is 48.0 Å². The number of phenolic OH excluding ortho intramolecular Hbond substituents is 1. The van der Waals surface area contributed by atoms with Crippen LogP contribution in [0.2, 0.25) is 0 Å². The summed E-state index contributed by atoms with van der Waals surface area (Å²) in [4.78, 5) is 6.16. The summed E-state index contributed by atoms with van der Waals surface area (Å²) in [6.07, 6.45) is 0.668. The molecule has 0 saturated heterocycles. The molecule has 0 aliphatic rings. The lowest BCUT2D eigenvalue weighted by atomic mass is 10.1. The van der Waals surface area contributed by atoms with Gasteiger partial charge in [0.15, 0.2) is 0 Å². The average molecular weight is 410 g/mol. The summed E-state index contributed by atoms with van der Waals surface area (Å²) >= 11 is 0. The highest BCUT2D eigenvalue weighted by Crippen LogP contribution is 2.35. The van der Waals surface area contributed by atoms with Gasteiger partial charge in [0.25, 0.3) is 0 Å². The van der Waals surface area contributed by atoms with E-state index < -0.39 is 0 Å². The van der Waals surface area contributed by atoms with Crippen molar-refractivity contribution in [2.24, 2.45) is 0 Å². The summed E-state index contributed by atoms with van der Waals surface area (Å²) in [5.74, 6) is 0.122. The van der Waals surface area contributed by atoms with Crippen LogP contribution in [0.5, 0.6) is 5.75 Å². The Bertz CT molecular complexity index is 1030. The molecule has 30 heavy (non-hydrogen) atoms. The molecule has 0 radical (unpaired) electrons. The van der Waals surface area contributed by atoms with E-state index in [4.69, 9.17) is 10.8 Å². The van der Waals surface area contributed by atoms with Crippen LogP contribution in [0.4, 0.5) is 21.6 Å². The van der Waals surface area contributed by atoms with Gasteiger partial charge in [-0.15, -0.1) is 0 Å². The van der Waals surface area contributed by atoms with Gasteiger partial charge in [-0.2, -0.15) is 0 Å². The quantitative estimate of drug-likeness (QED) is 0.423. The highest BCUT2D eigenvalue weighted by Gasteiger charge is 2.14. The fraction of sp³-hybridized carbons (Fsp3) is 0.261. The summed E-state index contributed by atoms with van der Waals surface area (Å²) in [7, 11) is 1.77. The summed E-state index contributed by atoms with van der Waals surface area (Å²) in [5.41, 5.74) is 9.98. The minimum Gasteiger partial charge on any atom is -0.507 e. The fourth-order valence-electron chi connectivity index (χ4n) is 3.19. The van der Waals surface area contributed by atoms with Crippen LogP contribution in [0.25, 0.3) is 11.3 Å². The zero-order chi connectivity index (χ0) is 21.7. The highest BCUT2D eigenvalue weighted by molar-refractivity contribution is 5.75. The van der Waals surface area contributed by atoms with Gasteiger partial charge >= 0.3 is 0 Å². The van der Waals surface area contributed by atoms with Gasteiger partial charge < -0.3 is 26.2 Å². The maximum Gasteiger partial charge on any atom is 0.147 e.